The van der Waals surface area contributed by atoms with Crippen LogP contribution in [-0.4, -0.2) is 43.1 Å². The van der Waals surface area contributed by atoms with Gasteiger partial charge in [0.15, 0.2) is 18.1 Å². The minimum absolute atomic E-state index is 0.170. The molecular formula is C23H24N2O6. The van der Waals surface area contributed by atoms with Crippen LogP contribution in [0.3, 0.4) is 0 Å². The van der Waals surface area contributed by atoms with Crippen LogP contribution in [0.2, 0.25) is 0 Å². The molecule has 162 valence electrons. The topological polar surface area (TPSA) is 94.2 Å². The minimum atomic E-state index is -0.512. The summed E-state index contributed by atoms with van der Waals surface area (Å²) in [4.78, 5) is 37.6. The third-order valence-electron chi connectivity index (χ3n) is 4.54. The minimum Gasteiger partial charge on any atom is -0.490 e. The number of carbonyl (C=O) groups is 3. The number of methoxy groups -OCH3 is 1. The second-order valence-corrected chi connectivity index (χ2v) is 6.87. The number of hydrogen-bond donors (Lipinski definition) is 1. The SMILES string of the molecule is CCOc1cc(/C=C2/NC(=O)N(Cc3cccc(C)c3)C2=O)ccc1OCC(=O)OC. The van der Waals surface area contributed by atoms with Gasteiger partial charge in [-0.25, -0.2) is 9.59 Å². The first-order valence-corrected chi connectivity index (χ1v) is 9.77. The average Bonchev–Trinajstić information content (AvgIpc) is 3.00. The molecular weight excluding hydrogens is 400 g/mol. The van der Waals surface area contributed by atoms with Gasteiger partial charge in [0.25, 0.3) is 5.91 Å². The van der Waals surface area contributed by atoms with Crippen LogP contribution in [0.4, 0.5) is 4.79 Å². The molecule has 1 heterocycles. The Morgan fingerprint density at radius 2 is 1.90 bits per heavy atom. The van der Waals surface area contributed by atoms with E-state index in [1.54, 1.807) is 24.3 Å². The van der Waals surface area contributed by atoms with Gasteiger partial charge in [-0.3, -0.25) is 9.69 Å². The standard InChI is InChI=1S/C23H24N2O6/c1-4-30-20-12-16(8-9-19(20)31-14-21(26)29-3)11-18-22(27)25(23(28)24-18)13-17-7-5-6-15(2)10-17/h5-12H,4,13-14H2,1-3H3,(H,24,28)/b18-11+. The highest BCUT2D eigenvalue weighted by atomic mass is 16.6. The number of imide groups is 1. The van der Waals surface area contributed by atoms with Crippen LogP contribution in [0.1, 0.15) is 23.6 Å². The van der Waals surface area contributed by atoms with E-state index in [1.807, 2.05) is 38.1 Å². The zero-order valence-corrected chi connectivity index (χ0v) is 17.6. The highest BCUT2D eigenvalue weighted by Crippen LogP contribution is 2.30. The Bertz CT molecular complexity index is 1030. The van der Waals surface area contributed by atoms with Gasteiger partial charge in [-0.1, -0.05) is 35.9 Å². The van der Waals surface area contributed by atoms with Crippen molar-refractivity contribution in [2.75, 3.05) is 20.3 Å². The maximum Gasteiger partial charge on any atom is 0.343 e. The Kier molecular flexibility index (Phi) is 6.92. The number of rotatable bonds is 8. The molecule has 0 atom stereocenters. The lowest BCUT2D eigenvalue weighted by molar-refractivity contribution is -0.142. The van der Waals surface area contributed by atoms with E-state index in [9.17, 15) is 14.4 Å². The molecule has 1 aliphatic rings. The van der Waals surface area contributed by atoms with Crippen molar-refractivity contribution in [3.05, 3.63) is 64.9 Å². The molecule has 2 aromatic carbocycles. The van der Waals surface area contributed by atoms with E-state index in [1.165, 1.54) is 7.11 Å². The second-order valence-electron chi connectivity index (χ2n) is 6.87. The molecule has 8 heteroatoms. The molecule has 1 aliphatic heterocycles. The molecule has 8 nitrogen and oxygen atoms in total. The van der Waals surface area contributed by atoms with E-state index < -0.39 is 17.9 Å². The van der Waals surface area contributed by atoms with E-state index in [-0.39, 0.29) is 18.8 Å². The van der Waals surface area contributed by atoms with Crippen LogP contribution >= 0.6 is 0 Å². The Labute approximate surface area is 180 Å². The van der Waals surface area contributed by atoms with E-state index in [0.29, 0.717) is 23.7 Å². The number of esters is 1. The number of urea groups is 1. The summed E-state index contributed by atoms with van der Waals surface area (Å²) in [5, 5.41) is 2.62. The van der Waals surface area contributed by atoms with E-state index >= 15 is 0 Å². The first-order chi connectivity index (χ1) is 14.9. The average molecular weight is 424 g/mol. The fourth-order valence-electron chi connectivity index (χ4n) is 3.07. The van der Waals surface area contributed by atoms with Crippen molar-refractivity contribution in [1.29, 1.82) is 0 Å². The predicted molar refractivity (Wildman–Crippen MR) is 113 cm³/mol. The van der Waals surface area contributed by atoms with Crippen LogP contribution in [0.25, 0.3) is 6.08 Å². The van der Waals surface area contributed by atoms with E-state index in [0.717, 1.165) is 16.0 Å². The van der Waals surface area contributed by atoms with E-state index in [4.69, 9.17) is 9.47 Å². The smallest absolute Gasteiger partial charge is 0.343 e. The molecule has 1 saturated heterocycles. The third kappa shape index (κ3) is 5.42. The lowest BCUT2D eigenvalue weighted by atomic mass is 10.1. The lowest BCUT2D eigenvalue weighted by Crippen LogP contribution is -2.30. The molecule has 0 bridgehead atoms. The molecule has 0 aromatic heterocycles. The summed E-state index contributed by atoms with van der Waals surface area (Å²) < 4.78 is 15.6. The summed E-state index contributed by atoms with van der Waals surface area (Å²) in [5.74, 6) is -0.136. The lowest BCUT2D eigenvalue weighted by Gasteiger charge is -2.12. The summed E-state index contributed by atoms with van der Waals surface area (Å²) in [5.41, 5.74) is 2.73. The van der Waals surface area contributed by atoms with Gasteiger partial charge >= 0.3 is 12.0 Å². The highest BCUT2D eigenvalue weighted by Gasteiger charge is 2.33. The molecule has 0 radical (unpaired) electrons. The summed E-state index contributed by atoms with van der Waals surface area (Å²) in [7, 11) is 1.28. The van der Waals surface area contributed by atoms with Crippen molar-refractivity contribution >= 4 is 24.0 Å². The van der Waals surface area contributed by atoms with Crippen LogP contribution < -0.4 is 14.8 Å². The van der Waals surface area contributed by atoms with Crippen molar-refractivity contribution in [2.45, 2.75) is 20.4 Å². The number of carbonyl (C=O) groups excluding carboxylic acids is 3. The molecule has 1 fully saturated rings. The second kappa shape index (κ2) is 9.80. The van der Waals surface area contributed by atoms with Crippen LogP contribution in [0.15, 0.2) is 48.2 Å². The molecule has 0 spiro atoms. The largest absolute Gasteiger partial charge is 0.490 e. The molecule has 2 aromatic rings. The zero-order valence-electron chi connectivity index (χ0n) is 17.6. The molecule has 0 unspecified atom stereocenters. The number of hydrogen-bond acceptors (Lipinski definition) is 6. The number of ether oxygens (including phenoxy) is 3. The van der Waals surface area contributed by atoms with E-state index in [2.05, 4.69) is 10.1 Å². The molecule has 31 heavy (non-hydrogen) atoms. The molecule has 1 N–H and O–H groups in total. The quantitative estimate of drug-likeness (QED) is 0.398. The van der Waals surface area contributed by atoms with Crippen molar-refractivity contribution in [3.8, 4) is 11.5 Å². The number of aryl methyl sites for hydroxylation is 1. The number of nitrogens with one attached hydrogen (secondary N) is 1. The number of nitrogens with zero attached hydrogens (tertiary/aromatic N) is 1. The van der Waals surface area contributed by atoms with Crippen molar-refractivity contribution in [1.82, 2.24) is 10.2 Å². The van der Waals surface area contributed by atoms with Gasteiger partial charge in [0, 0.05) is 0 Å². The fraction of sp³-hybridized carbons (Fsp3) is 0.261. The summed E-state index contributed by atoms with van der Waals surface area (Å²) in [6, 6.07) is 12.2. The maximum absolute atomic E-state index is 12.8. The number of benzene rings is 2. The molecule has 3 rings (SSSR count). The van der Waals surface area contributed by atoms with Gasteiger partial charge in [0.1, 0.15) is 5.70 Å². The van der Waals surface area contributed by atoms with Crippen LogP contribution in [0.5, 0.6) is 11.5 Å². The monoisotopic (exact) mass is 424 g/mol. The molecule has 3 amide bonds. The Morgan fingerprint density at radius 1 is 1.10 bits per heavy atom. The summed E-state index contributed by atoms with van der Waals surface area (Å²) in [6.07, 6.45) is 1.57. The zero-order chi connectivity index (χ0) is 22.4. The van der Waals surface area contributed by atoms with Crippen molar-refractivity contribution < 1.29 is 28.6 Å². The van der Waals surface area contributed by atoms with Crippen molar-refractivity contribution in [2.24, 2.45) is 0 Å². The summed E-state index contributed by atoms with van der Waals surface area (Å²) in [6.45, 7) is 4.09. The number of amides is 3. The van der Waals surface area contributed by atoms with Gasteiger partial charge in [0.05, 0.1) is 20.3 Å². The first kappa shape index (κ1) is 21.9. The summed E-state index contributed by atoms with van der Waals surface area (Å²) >= 11 is 0. The fourth-order valence-corrected chi connectivity index (χ4v) is 3.07. The van der Waals surface area contributed by atoms with Gasteiger partial charge < -0.3 is 19.5 Å². The Morgan fingerprint density at radius 3 is 2.61 bits per heavy atom. The first-order valence-electron chi connectivity index (χ1n) is 9.77. The van der Waals surface area contributed by atoms with Crippen molar-refractivity contribution in [3.63, 3.8) is 0 Å². The normalized spacial score (nSPS) is 14.5. The van der Waals surface area contributed by atoms with Crippen LogP contribution in [0, 0.1) is 6.92 Å². The third-order valence-corrected chi connectivity index (χ3v) is 4.54. The van der Waals surface area contributed by atoms with Gasteiger partial charge in [-0.15, -0.1) is 0 Å². The van der Waals surface area contributed by atoms with Gasteiger partial charge in [-0.2, -0.15) is 0 Å². The maximum atomic E-state index is 12.8. The van der Waals surface area contributed by atoms with Gasteiger partial charge in [0.2, 0.25) is 0 Å². The highest BCUT2D eigenvalue weighted by molar-refractivity contribution is 6.13. The Balaban J connectivity index is 1.78. The Hall–Kier alpha value is -3.81. The molecule has 0 aliphatic carbocycles. The van der Waals surface area contributed by atoms with Crippen LogP contribution in [-0.2, 0) is 20.9 Å². The van der Waals surface area contributed by atoms with Gasteiger partial charge in [-0.05, 0) is 43.2 Å². The predicted octanol–water partition coefficient (Wildman–Crippen LogP) is 3.04. The molecule has 0 saturated carbocycles.